The lowest BCUT2D eigenvalue weighted by molar-refractivity contribution is 1.10. The average Bonchev–Trinajstić information content (AvgIpc) is 2.72. The van der Waals surface area contributed by atoms with Crippen molar-refractivity contribution in [3.63, 3.8) is 0 Å². The number of rotatable bonds is 7. The molecule has 0 radical (unpaired) electrons. The lowest BCUT2D eigenvalue weighted by Crippen LogP contribution is -2.31. The van der Waals surface area contributed by atoms with Crippen molar-refractivity contribution in [2.75, 3.05) is 0 Å². The summed E-state index contributed by atoms with van der Waals surface area (Å²) in [5, 5.41) is 10.9. The Balaban J connectivity index is 2.14. The molecule has 28 heavy (non-hydrogen) atoms. The van der Waals surface area contributed by atoms with Crippen LogP contribution in [0.4, 0.5) is 0 Å². The van der Waals surface area contributed by atoms with E-state index in [-0.39, 0.29) is 0 Å². The van der Waals surface area contributed by atoms with Crippen LogP contribution in [-0.4, -0.2) is 13.9 Å². The van der Waals surface area contributed by atoms with Crippen molar-refractivity contribution in [2.24, 2.45) is 5.10 Å². The molecule has 0 saturated heterocycles. The first kappa shape index (κ1) is 20.3. The molecule has 0 amide bonds. The Morgan fingerprint density at radius 3 is 1.64 bits per heavy atom. The number of hydrogen-bond acceptors (Lipinski definition) is 2. The first-order valence-electron chi connectivity index (χ1n) is 9.55. The fourth-order valence-electron chi connectivity index (χ4n) is 2.87. The molecule has 3 aromatic carbocycles. The van der Waals surface area contributed by atoms with Gasteiger partial charge in [-0.15, -0.1) is 0 Å². The molecule has 0 aromatic heterocycles. The molecule has 0 aliphatic heterocycles. The van der Waals surface area contributed by atoms with Gasteiger partial charge in [0.25, 0.3) is 0 Å². The molecule has 3 rings (SSSR count). The molecule has 2 nitrogen and oxygen atoms in total. The molecular formula is C24H28N2PSi+. The fraction of sp³-hybridized carbons (Fsp3) is 0.125. The SMILES string of the molecule is C[Si](C)(C)/C=N\N[P+](/C=C/c1ccccc1)(c1ccccc1)c1ccccc1. The van der Waals surface area contributed by atoms with Gasteiger partial charge in [0.15, 0.2) is 0 Å². The molecule has 0 unspecified atom stereocenters. The molecule has 3 aromatic rings. The van der Waals surface area contributed by atoms with Gasteiger partial charge in [0.05, 0.1) is 13.9 Å². The molecule has 0 saturated carbocycles. The maximum absolute atomic E-state index is 4.77. The first-order chi connectivity index (χ1) is 13.5. The summed E-state index contributed by atoms with van der Waals surface area (Å²) < 4.78 is 0. The predicted molar refractivity (Wildman–Crippen MR) is 130 cm³/mol. The summed E-state index contributed by atoms with van der Waals surface area (Å²) in [4.78, 5) is 0. The highest BCUT2D eigenvalue weighted by molar-refractivity contribution is 7.90. The van der Waals surface area contributed by atoms with Gasteiger partial charge in [-0.2, -0.15) is 10.3 Å². The molecule has 142 valence electrons. The third-order valence-electron chi connectivity index (χ3n) is 4.28. The molecular weight excluding hydrogens is 375 g/mol. The van der Waals surface area contributed by atoms with Gasteiger partial charge in [0, 0.05) is 5.84 Å². The summed E-state index contributed by atoms with van der Waals surface area (Å²) in [6.07, 6.45) is 2.21. The smallest absolute Gasteiger partial charge is 0.170 e. The first-order valence-corrected chi connectivity index (χ1v) is 15.0. The zero-order chi connectivity index (χ0) is 19.9. The number of nitrogens with one attached hydrogen (secondary N) is 1. The number of nitrogens with zero attached hydrogens (tertiary/aromatic N) is 1. The monoisotopic (exact) mass is 403 g/mol. The van der Waals surface area contributed by atoms with Gasteiger partial charge in [-0.1, -0.05) is 86.4 Å². The molecule has 0 spiro atoms. The summed E-state index contributed by atoms with van der Waals surface area (Å²) in [6.45, 7) is 6.88. The number of benzene rings is 3. The highest BCUT2D eigenvalue weighted by Gasteiger charge is 2.41. The van der Waals surface area contributed by atoms with Gasteiger partial charge in [0.1, 0.15) is 10.6 Å². The second-order valence-electron chi connectivity index (χ2n) is 7.84. The van der Waals surface area contributed by atoms with Gasteiger partial charge >= 0.3 is 0 Å². The van der Waals surface area contributed by atoms with Crippen molar-refractivity contribution in [2.45, 2.75) is 19.6 Å². The van der Waals surface area contributed by atoms with Crippen LogP contribution in [0.15, 0.2) is 102 Å². The number of hydrazone groups is 1. The second kappa shape index (κ2) is 9.14. The van der Waals surface area contributed by atoms with Gasteiger partial charge in [0.2, 0.25) is 7.41 Å². The van der Waals surface area contributed by atoms with Gasteiger partial charge in [-0.3, -0.25) is 0 Å². The highest BCUT2D eigenvalue weighted by atomic mass is 31.2. The van der Waals surface area contributed by atoms with Crippen LogP contribution in [0.1, 0.15) is 5.56 Å². The fourth-order valence-corrected chi connectivity index (χ4v) is 6.29. The van der Waals surface area contributed by atoms with Crippen LogP contribution >= 0.6 is 7.41 Å². The molecule has 0 aliphatic rings. The summed E-state index contributed by atoms with van der Waals surface area (Å²) in [6, 6.07) is 31.8. The molecule has 0 fully saturated rings. The second-order valence-corrected chi connectivity index (χ2v) is 15.8. The largest absolute Gasteiger partial charge is 0.211 e. The van der Waals surface area contributed by atoms with Crippen LogP contribution in [-0.2, 0) is 0 Å². The van der Waals surface area contributed by atoms with Crippen LogP contribution < -0.4 is 15.8 Å². The maximum Gasteiger partial charge on any atom is 0.211 e. The third-order valence-corrected chi connectivity index (χ3v) is 8.44. The van der Waals surface area contributed by atoms with Crippen molar-refractivity contribution < 1.29 is 0 Å². The van der Waals surface area contributed by atoms with Crippen LogP contribution in [0.5, 0.6) is 0 Å². The summed E-state index contributed by atoms with van der Waals surface area (Å²) in [5.74, 6) is 4.46. The minimum atomic E-state index is -2.06. The van der Waals surface area contributed by atoms with E-state index in [2.05, 4.69) is 127 Å². The summed E-state index contributed by atoms with van der Waals surface area (Å²) >= 11 is 0. The van der Waals surface area contributed by atoms with Crippen molar-refractivity contribution in [3.8, 4) is 0 Å². The van der Waals surface area contributed by atoms with Crippen LogP contribution in [0.2, 0.25) is 19.6 Å². The minimum Gasteiger partial charge on any atom is -0.170 e. The van der Waals surface area contributed by atoms with Crippen molar-refractivity contribution in [3.05, 3.63) is 102 Å². The van der Waals surface area contributed by atoms with E-state index in [1.165, 1.54) is 16.2 Å². The lowest BCUT2D eigenvalue weighted by Gasteiger charge is -2.23. The average molecular weight is 404 g/mol. The van der Waals surface area contributed by atoms with Crippen molar-refractivity contribution >= 4 is 38.0 Å². The van der Waals surface area contributed by atoms with Crippen LogP contribution in [0, 0.1) is 0 Å². The predicted octanol–water partition coefficient (Wildman–Crippen LogP) is 5.69. The summed E-state index contributed by atoms with van der Waals surface area (Å²) in [5.41, 5.74) is 1.19. The van der Waals surface area contributed by atoms with E-state index in [1.807, 2.05) is 6.07 Å². The zero-order valence-corrected chi connectivity index (χ0v) is 18.7. The van der Waals surface area contributed by atoms with E-state index < -0.39 is 15.5 Å². The normalized spacial score (nSPS) is 12.5. The van der Waals surface area contributed by atoms with Gasteiger partial charge < -0.3 is 0 Å². The third kappa shape index (κ3) is 5.28. The standard InChI is InChI=1S/C24H28N2PSi/c1-28(2,3)21-25-26-27(23-15-9-5-10-16-23,24-17-11-6-12-18-24)20-19-22-13-7-4-8-14-22/h4-21,26H,1-3H3/q+1/b20-19+,25-21-. The molecule has 0 atom stereocenters. The van der Waals surface area contributed by atoms with E-state index in [1.54, 1.807) is 0 Å². The molecule has 0 aliphatic carbocycles. The van der Waals surface area contributed by atoms with Crippen LogP contribution in [0.3, 0.4) is 0 Å². The molecule has 1 N–H and O–H groups in total. The number of hydrogen-bond donors (Lipinski definition) is 1. The zero-order valence-electron chi connectivity index (χ0n) is 16.8. The highest BCUT2D eigenvalue weighted by Crippen LogP contribution is 2.54. The van der Waals surface area contributed by atoms with Gasteiger partial charge in [-0.25, -0.2) is 0 Å². The van der Waals surface area contributed by atoms with E-state index in [4.69, 9.17) is 5.10 Å². The van der Waals surface area contributed by atoms with Crippen LogP contribution in [0.25, 0.3) is 6.08 Å². The van der Waals surface area contributed by atoms with Crippen molar-refractivity contribution in [1.82, 2.24) is 5.20 Å². The Kier molecular flexibility index (Phi) is 6.61. The quantitative estimate of drug-likeness (QED) is 0.233. The van der Waals surface area contributed by atoms with E-state index >= 15 is 0 Å². The Labute approximate surface area is 170 Å². The van der Waals surface area contributed by atoms with E-state index in [9.17, 15) is 0 Å². The van der Waals surface area contributed by atoms with E-state index in [0.717, 1.165) is 0 Å². The van der Waals surface area contributed by atoms with E-state index in [0.29, 0.717) is 0 Å². The Hall–Kier alpha value is -2.48. The molecule has 4 heteroatoms. The topological polar surface area (TPSA) is 24.4 Å². The molecule has 0 heterocycles. The summed E-state index contributed by atoms with van der Waals surface area (Å²) in [7, 11) is -3.46. The molecule has 0 bridgehead atoms. The maximum atomic E-state index is 4.77. The Bertz CT molecular complexity index is 878. The van der Waals surface area contributed by atoms with Crippen molar-refractivity contribution in [1.29, 1.82) is 0 Å². The lowest BCUT2D eigenvalue weighted by atomic mass is 10.2. The minimum absolute atomic E-state index is 1.19. The Morgan fingerprint density at radius 1 is 0.714 bits per heavy atom. The Morgan fingerprint density at radius 2 is 1.18 bits per heavy atom. The van der Waals surface area contributed by atoms with Gasteiger partial charge in [-0.05, 0) is 35.9 Å².